The van der Waals surface area contributed by atoms with Gasteiger partial charge in [-0.3, -0.25) is 9.69 Å². The summed E-state index contributed by atoms with van der Waals surface area (Å²) < 4.78 is 51.6. The molecule has 0 saturated carbocycles. The molecule has 1 fully saturated rings. The third-order valence-corrected chi connectivity index (χ3v) is 7.26. The smallest absolute Gasteiger partial charge is 0.248 e. The van der Waals surface area contributed by atoms with Crippen molar-refractivity contribution in [3.8, 4) is 17.2 Å². The predicted molar refractivity (Wildman–Crippen MR) is 155 cm³/mol. The van der Waals surface area contributed by atoms with Gasteiger partial charge in [-0.1, -0.05) is 13.0 Å². The van der Waals surface area contributed by atoms with Gasteiger partial charge in [0.1, 0.15) is 30.4 Å². The number of methoxy groups -OCH3 is 2. The highest BCUT2D eigenvalue weighted by Crippen LogP contribution is 2.29. The third-order valence-electron chi connectivity index (χ3n) is 7.26. The number of nitrogens with zero attached hydrogens (tertiary/aromatic N) is 4. The zero-order chi connectivity index (χ0) is 30.8. The number of carbonyl (C=O) groups excluding carboxylic acids is 1. The highest BCUT2D eigenvalue weighted by Gasteiger charge is 2.37. The summed E-state index contributed by atoms with van der Waals surface area (Å²) in [7, 11) is 3.03. The number of amides is 1. The van der Waals surface area contributed by atoms with E-state index in [-0.39, 0.29) is 38.0 Å². The van der Waals surface area contributed by atoms with Crippen LogP contribution in [0.15, 0.2) is 48.8 Å². The molecule has 43 heavy (non-hydrogen) atoms. The number of β-amino-alcohol motifs (C(OH)–C–C–N with tert-alkyl or cyclic N) is 1. The van der Waals surface area contributed by atoms with Gasteiger partial charge in [0.05, 0.1) is 20.3 Å². The Hall–Kier alpha value is -3.74. The minimum atomic E-state index is -1.50. The normalized spacial score (nSPS) is 17.5. The van der Waals surface area contributed by atoms with E-state index in [0.29, 0.717) is 37.7 Å². The van der Waals surface area contributed by atoms with E-state index in [0.717, 1.165) is 42.9 Å². The van der Waals surface area contributed by atoms with E-state index >= 15 is 0 Å². The van der Waals surface area contributed by atoms with Gasteiger partial charge >= 0.3 is 0 Å². The summed E-state index contributed by atoms with van der Waals surface area (Å²) in [6, 6.07) is 8.88. The van der Waals surface area contributed by atoms with Crippen molar-refractivity contribution in [2.75, 3.05) is 60.2 Å². The molecular formula is C31H40F2N4O6. The van der Waals surface area contributed by atoms with Crippen LogP contribution in [0.5, 0.6) is 17.2 Å². The average molecular weight is 603 g/mol. The summed E-state index contributed by atoms with van der Waals surface area (Å²) in [5.41, 5.74) is -0.569. The molecule has 1 atom stereocenters. The van der Waals surface area contributed by atoms with Crippen molar-refractivity contribution in [3.63, 3.8) is 0 Å². The minimum absolute atomic E-state index is 0.0109. The molecule has 0 aliphatic carbocycles. The molecular weight excluding hydrogens is 562 g/mol. The summed E-state index contributed by atoms with van der Waals surface area (Å²) in [4.78, 5) is 20.6. The van der Waals surface area contributed by atoms with Crippen molar-refractivity contribution in [1.82, 2.24) is 19.4 Å². The molecule has 1 aliphatic heterocycles. The summed E-state index contributed by atoms with van der Waals surface area (Å²) in [5.74, 6) is 0.0406. The van der Waals surface area contributed by atoms with Crippen LogP contribution in [0.4, 0.5) is 8.78 Å². The van der Waals surface area contributed by atoms with Crippen LogP contribution in [0.3, 0.4) is 0 Å². The Morgan fingerprint density at radius 3 is 2.63 bits per heavy atom. The molecule has 1 aliphatic rings. The van der Waals surface area contributed by atoms with Crippen molar-refractivity contribution < 1.29 is 37.6 Å². The van der Waals surface area contributed by atoms with E-state index in [1.54, 1.807) is 13.3 Å². The number of aromatic nitrogens is 2. The summed E-state index contributed by atoms with van der Waals surface area (Å²) in [5, 5.41) is 11.6. The molecule has 0 radical (unpaired) electrons. The Balaban J connectivity index is 1.44. The molecule has 1 N–H and O–H groups in total. The highest BCUT2D eigenvalue weighted by molar-refractivity contribution is 5.77. The van der Waals surface area contributed by atoms with Gasteiger partial charge in [-0.05, 0) is 36.2 Å². The van der Waals surface area contributed by atoms with Crippen LogP contribution in [-0.4, -0.2) is 96.2 Å². The number of hydrogen-bond donors (Lipinski definition) is 1. The third kappa shape index (κ3) is 8.88. The second kappa shape index (κ2) is 15.1. The van der Waals surface area contributed by atoms with Crippen molar-refractivity contribution >= 4 is 5.91 Å². The molecule has 0 unspecified atom stereocenters. The number of carbonyl (C=O) groups is 1. The van der Waals surface area contributed by atoms with Gasteiger partial charge in [-0.2, -0.15) is 0 Å². The van der Waals surface area contributed by atoms with Crippen LogP contribution in [0.2, 0.25) is 0 Å². The predicted octanol–water partition coefficient (Wildman–Crippen LogP) is 3.30. The number of ether oxygens (including phenoxy) is 4. The van der Waals surface area contributed by atoms with E-state index in [1.807, 2.05) is 29.3 Å². The summed E-state index contributed by atoms with van der Waals surface area (Å²) >= 11 is 0. The number of rotatable bonds is 14. The fourth-order valence-electron chi connectivity index (χ4n) is 5.15. The molecule has 1 aromatic heterocycles. The molecule has 10 nitrogen and oxygen atoms in total. The average Bonchev–Trinajstić information content (AvgIpc) is 3.38. The molecule has 0 spiro atoms. The monoisotopic (exact) mass is 602 g/mol. The number of halogens is 2. The maximum atomic E-state index is 13.7. The van der Waals surface area contributed by atoms with E-state index in [1.165, 1.54) is 18.1 Å². The highest BCUT2D eigenvalue weighted by atomic mass is 19.2. The Morgan fingerprint density at radius 2 is 1.88 bits per heavy atom. The first-order valence-electron chi connectivity index (χ1n) is 14.3. The topological polar surface area (TPSA) is 98.5 Å². The van der Waals surface area contributed by atoms with Gasteiger partial charge in [0.25, 0.3) is 0 Å². The molecule has 2 aromatic carbocycles. The minimum Gasteiger partial charge on any atom is -0.493 e. The van der Waals surface area contributed by atoms with Gasteiger partial charge in [0.15, 0.2) is 23.1 Å². The van der Waals surface area contributed by atoms with Crippen LogP contribution >= 0.6 is 0 Å². The number of benzene rings is 2. The van der Waals surface area contributed by atoms with Gasteiger partial charge in [0, 0.05) is 64.7 Å². The second-order valence-corrected chi connectivity index (χ2v) is 10.6. The first kappa shape index (κ1) is 32.2. The van der Waals surface area contributed by atoms with Crippen LogP contribution in [0.25, 0.3) is 0 Å². The molecule has 3 aromatic rings. The second-order valence-electron chi connectivity index (χ2n) is 10.6. The van der Waals surface area contributed by atoms with Gasteiger partial charge in [-0.15, -0.1) is 0 Å². The lowest BCUT2D eigenvalue weighted by Gasteiger charge is -2.33. The number of aliphatic hydroxyl groups is 1. The molecule has 1 amide bonds. The maximum absolute atomic E-state index is 13.7. The van der Waals surface area contributed by atoms with Crippen LogP contribution in [0, 0.1) is 11.6 Å². The SMILES string of the molecule is CCc1nccn1CCCOc1cc(CN2CCN(C(=O)COC)C[C@@](O)(COc3ccc(F)c(F)c3)C2)ccc1OC. The van der Waals surface area contributed by atoms with E-state index in [2.05, 4.69) is 16.5 Å². The van der Waals surface area contributed by atoms with Gasteiger partial charge in [0.2, 0.25) is 5.91 Å². The summed E-state index contributed by atoms with van der Waals surface area (Å²) in [6.45, 7) is 4.45. The Morgan fingerprint density at radius 1 is 1.05 bits per heavy atom. The lowest BCUT2D eigenvalue weighted by Crippen LogP contribution is -2.52. The molecule has 12 heteroatoms. The fourth-order valence-corrected chi connectivity index (χ4v) is 5.15. The number of aryl methyl sites for hydroxylation is 2. The molecule has 4 rings (SSSR count). The lowest BCUT2D eigenvalue weighted by atomic mass is 10.0. The molecule has 2 heterocycles. The van der Waals surface area contributed by atoms with Crippen molar-refractivity contribution in [2.45, 2.75) is 38.5 Å². The first-order chi connectivity index (χ1) is 20.7. The molecule has 1 saturated heterocycles. The largest absolute Gasteiger partial charge is 0.493 e. The fraction of sp³-hybridized carbons (Fsp3) is 0.484. The molecule has 0 bridgehead atoms. The van der Waals surface area contributed by atoms with Gasteiger partial charge in [-0.25, -0.2) is 13.8 Å². The number of hydrogen-bond acceptors (Lipinski definition) is 8. The van der Waals surface area contributed by atoms with E-state index in [4.69, 9.17) is 18.9 Å². The zero-order valence-electron chi connectivity index (χ0n) is 24.9. The Kier molecular flexibility index (Phi) is 11.3. The Bertz CT molecular complexity index is 1360. The van der Waals surface area contributed by atoms with E-state index < -0.39 is 17.2 Å². The van der Waals surface area contributed by atoms with Crippen LogP contribution in [0.1, 0.15) is 24.7 Å². The quantitative estimate of drug-likeness (QED) is 0.281. The van der Waals surface area contributed by atoms with Crippen LogP contribution in [-0.2, 0) is 29.0 Å². The maximum Gasteiger partial charge on any atom is 0.248 e. The molecule has 234 valence electrons. The van der Waals surface area contributed by atoms with Crippen molar-refractivity contribution in [2.24, 2.45) is 0 Å². The van der Waals surface area contributed by atoms with E-state index in [9.17, 15) is 18.7 Å². The lowest BCUT2D eigenvalue weighted by molar-refractivity contribution is -0.138. The number of imidazole rings is 1. The standard InChI is InChI=1S/C31H40F2N4O6/c1-4-29-34-10-12-36(29)11-5-15-42-28-16-23(6-9-27(28)41-3)18-35-13-14-37(30(38)19-40-2)21-31(39,20-35)22-43-24-7-8-25(32)26(33)17-24/h6-10,12,16-17,39H,4-5,11,13-15,18-22H2,1-3H3/t31-/m1/s1. The van der Waals surface area contributed by atoms with Crippen LogP contribution < -0.4 is 14.2 Å². The summed E-state index contributed by atoms with van der Waals surface area (Å²) in [6.07, 6.45) is 5.43. The van der Waals surface area contributed by atoms with Crippen molar-refractivity contribution in [1.29, 1.82) is 0 Å². The first-order valence-corrected chi connectivity index (χ1v) is 14.3. The zero-order valence-corrected chi connectivity index (χ0v) is 24.9. The van der Waals surface area contributed by atoms with Gasteiger partial charge < -0.3 is 33.5 Å². The van der Waals surface area contributed by atoms with Crippen molar-refractivity contribution in [3.05, 3.63) is 71.8 Å². The Labute approximate surface area is 250 Å².